The molecule has 88 valence electrons. The highest BCUT2D eigenvalue weighted by molar-refractivity contribution is 5.91. The lowest BCUT2D eigenvalue weighted by Gasteiger charge is -2.04. The number of aromatic nitrogens is 1. The molecule has 2 rings (SSSR count). The lowest BCUT2D eigenvalue weighted by Crippen LogP contribution is -2.23. The molecule has 0 fully saturated rings. The van der Waals surface area contributed by atoms with Crippen molar-refractivity contribution >= 4 is 5.91 Å². The normalized spacial score (nSPS) is 10.2. The van der Waals surface area contributed by atoms with Crippen molar-refractivity contribution in [3.63, 3.8) is 0 Å². The van der Waals surface area contributed by atoms with E-state index in [9.17, 15) is 4.79 Å². The minimum Gasteiger partial charge on any atom is -0.392 e. The minimum atomic E-state index is -0.284. The molecule has 2 aromatic rings. The Balaban J connectivity index is 1.95. The summed E-state index contributed by atoms with van der Waals surface area (Å²) in [5.74, 6) is -0.284. The molecule has 1 aromatic heterocycles. The molecule has 0 spiro atoms. The van der Waals surface area contributed by atoms with E-state index in [0.717, 1.165) is 11.1 Å². The number of benzene rings is 1. The first kappa shape index (κ1) is 11.3. The molecular weight excluding hydrogens is 220 g/mol. The van der Waals surface area contributed by atoms with Gasteiger partial charge in [-0.05, 0) is 11.1 Å². The highest BCUT2D eigenvalue weighted by Crippen LogP contribution is 2.05. The van der Waals surface area contributed by atoms with Gasteiger partial charge in [0.2, 0.25) is 0 Å². The fourth-order valence-electron chi connectivity index (χ4n) is 1.44. The zero-order valence-electron chi connectivity index (χ0n) is 9.09. The van der Waals surface area contributed by atoms with Crippen LogP contribution >= 0.6 is 0 Å². The zero-order valence-corrected chi connectivity index (χ0v) is 9.09. The van der Waals surface area contributed by atoms with E-state index >= 15 is 0 Å². The number of hydrogen-bond donors (Lipinski definition) is 2. The Morgan fingerprint density at radius 2 is 2.18 bits per heavy atom. The van der Waals surface area contributed by atoms with Crippen molar-refractivity contribution in [1.82, 2.24) is 10.5 Å². The fourth-order valence-corrected chi connectivity index (χ4v) is 1.44. The van der Waals surface area contributed by atoms with Gasteiger partial charge in [0.25, 0.3) is 5.91 Å². The Kier molecular flexibility index (Phi) is 3.52. The maximum Gasteiger partial charge on any atom is 0.273 e. The molecule has 17 heavy (non-hydrogen) atoms. The SMILES string of the molecule is O=C(NCc1cccc(CO)c1)c1ccon1. The molecule has 0 radical (unpaired) electrons. The molecule has 1 amide bonds. The van der Waals surface area contributed by atoms with E-state index in [2.05, 4.69) is 15.0 Å². The summed E-state index contributed by atoms with van der Waals surface area (Å²) in [6.07, 6.45) is 1.35. The van der Waals surface area contributed by atoms with E-state index in [0.29, 0.717) is 6.54 Å². The molecule has 1 aromatic carbocycles. The van der Waals surface area contributed by atoms with Crippen molar-refractivity contribution in [2.75, 3.05) is 0 Å². The van der Waals surface area contributed by atoms with Crippen LogP contribution in [0.2, 0.25) is 0 Å². The summed E-state index contributed by atoms with van der Waals surface area (Å²) in [7, 11) is 0. The smallest absolute Gasteiger partial charge is 0.273 e. The Morgan fingerprint density at radius 1 is 1.35 bits per heavy atom. The van der Waals surface area contributed by atoms with Gasteiger partial charge < -0.3 is 14.9 Å². The van der Waals surface area contributed by atoms with Crippen molar-refractivity contribution in [3.8, 4) is 0 Å². The lowest BCUT2D eigenvalue weighted by atomic mass is 10.1. The summed E-state index contributed by atoms with van der Waals surface area (Å²) >= 11 is 0. The summed E-state index contributed by atoms with van der Waals surface area (Å²) in [5.41, 5.74) is 2.00. The van der Waals surface area contributed by atoms with E-state index in [-0.39, 0.29) is 18.2 Å². The van der Waals surface area contributed by atoms with Crippen molar-refractivity contribution in [2.45, 2.75) is 13.2 Å². The van der Waals surface area contributed by atoms with E-state index in [1.807, 2.05) is 24.3 Å². The summed E-state index contributed by atoms with van der Waals surface area (Å²) in [4.78, 5) is 11.6. The highest BCUT2D eigenvalue weighted by atomic mass is 16.5. The van der Waals surface area contributed by atoms with Crippen molar-refractivity contribution in [1.29, 1.82) is 0 Å². The number of hydrogen-bond acceptors (Lipinski definition) is 4. The van der Waals surface area contributed by atoms with Crippen LogP contribution in [0.1, 0.15) is 21.6 Å². The molecule has 0 aliphatic heterocycles. The van der Waals surface area contributed by atoms with Gasteiger partial charge in [-0.3, -0.25) is 4.79 Å². The fraction of sp³-hybridized carbons (Fsp3) is 0.167. The Bertz CT molecular complexity index is 494. The second-order valence-electron chi connectivity index (χ2n) is 3.55. The number of nitrogens with zero attached hydrogens (tertiary/aromatic N) is 1. The summed E-state index contributed by atoms with van der Waals surface area (Å²) < 4.78 is 4.58. The Labute approximate surface area is 98.1 Å². The Hall–Kier alpha value is -2.14. The van der Waals surface area contributed by atoms with Crippen LogP contribution in [0.25, 0.3) is 0 Å². The van der Waals surface area contributed by atoms with Crippen LogP contribution in [-0.4, -0.2) is 16.2 Å². The molecule has 5 nitrogen and oxygen atoms in total. The quantitative estimate of drug-likeness (QED) is 0.827. The van der Waals surface area contributed by atoms with Crippen LogP contribution in [0.15, 0.2) is 41.1 Å². The van der Waals surface area contributed by atoms with E-state index in [4.69, 9.17) is 5.11 Å². The standard InChI is InChI=1S/C12H12N2O3/c15-8-10-3-1-2-9(6-10)7-13-12(16)11-4-5-17-14-11/h1-6,15H,7-8H2,(H,13,16). The number of carbonyl (C=O) groups excluding carboxylic acids is 1. The molecule has 1 heterocycles. The molecule has 0 unspecified atom stereocenters. The average Bonchev–Trinajstić information content (AvgIpc) is 2.90. The van der Waals surface area contributed by atoms with Crippen LogP contribution in [0.5, 0.6) is 0 Å². The van der Waals surface area contributed by atoms with Gasteiger partial charge in [0, 0.05) is 12.6 Å². The van der Waals surface area contributed by atoms with Gasteiger partial charge in [-0.15, -0.1) is 0 Å². The zero-order chi connectivity index (χ0) is 12.1. The molecule has 0 atom stereocenters. The molecule has 0 aliphatic carbocycles. The van der Waals surface area contributed by atoms with Gasteiger partial charge in [-0.25, -0.2) is 0 Å². The van der Waals surface area contributed by atoms with E-state index in [1.54, 1.807) is 0 Å². The average molecular weight is 232 g/mol. The van der Waals surface area contributed by atoms with Gasteiger partial charge in [-0.2, -0.15) is 0 Å². The van der Waals surface area contributed by atoms with Gasteiger partial charge in [0.15, 0.2) is 5.69 Å². The van der Waals surface area contributed by atoms with Gasteiger partial charge >= 0.3 is 0 Å². The maximum absolute atomic E-state index is 11.6. The summed E-state index contributed by atoms with van der Waals surface area (Å²) in [6, 6.07) is 8.87. The number of carbonyl (C=O) groups is 1. The first-order valence-electron chi connectivity index (χ1n) is 5.17. The molecule has 0 saturated carbocycles. The predicted molar refractivity (Wildman–Crippen MR) is 60.0 cm³/mol. The van der Waals surface area contributed by atoms with Crippen LogP contribution < -0.4 is 5.32 Å². The molecule has 0 aliphatic rings. The number of amides is 1. The maximum atomic E-state index is 11.6. The second kappa shape index (κ2) is 5.27. The third kappa shape index (κ3) is 2.92. The number of nitrogens with one attached hydrogen (secondary N) is 1. The first-order chi connectivity index (χ1) is 8.29. The number of aliphatic hydroxyl groups excluding tert-OH is 1. The number of aliphatic hydroxyl groups is 1. The Morgan fingerprint density at radius 3 is 2.88 bits per heavy atom. The third-order valence-electron chi connectivity index (χ3n) is 2.30. The van der Waals surface area contributed by atoms with E-state index in [1.165, 1.54) is 12.3 Å². The van der Waals surface area contributed by atoms with Gasteiger partial charge in [0.1, 0.15) is 6.26 Å². The summed E-state index contributed by atoms with van der Waals surface area (Å²) in [6.45, 7) is 0.380. The predicted octanol–water partition coefficient (Wildman–Crippen LogP) is 1.10. The minimum absolute atomic E-state index is 0.00886. The second-order valence-corrected chi connectivity index (χ2v) is 3.55. The lowest BCUT2D eigenvalue weighted by molar-refractivity contribution is 0.0942. The molecular formula is C12H12N2O3. The summed E-state index contributed by atoms with van der Waals surface area (Å²) in [5, 5.41) is 15.2. The van der Waals surface area contributed by atoms with Crippen LogP contribution in [-0.2, 0) is 13.2 Å². The van der Waals surface area contributed by atoms with Gasteiger partial charge in [0.05, 0.1) is 6.61 Å². The van der Waals surface area contributed by atoms with Crippen LogP contribution in [0.4, 0.5) is 0 Å². The molecule has 2 N–H and O–H groups in total. The first-order valence-corrected chi connectivity index (χ1v) is 5.17. The highest BCUT2D eigenvalue weighted by Gasteiger charge is 2.07. The van der Waals surface area contributed by atoms with E-state index < -0.39 is 0 Å². The molecule has 5 heteroatoms. The third-order valence-corrected chi connectivity index (χ3v) is 2.30. The molecule has 0 saturated heterocycles. The van der Waals surface area contributed by atoms with Crippen LogP contribution in [0.3, 0.4) is 0 Å². The molecule has 0 bridgehead atoms. The van der Waals surface area contributed by atoms with Crippen LogP contribution in [0, 0.1) is 0 Å². The number of rotatable bonds is 4. The van der Waals surface area contributed by atoms with Crippen molar-refractivity contribution in [3.05, 3.63) is 53.4 Å². The topological polar surface area (TPSA) is 75.4 Å². The monoisotopic (exact) mass is 232 g/mol. The largest absolute Gasteiger partial charge is 0.392 e. The van der Waals surface area contributed by atoms with Gasteiger partial charge in [-0.1, -0.05) is 29.4 Å². The van der Waals surface area contributed by atoms with Crippen molar-refractivity contribution < 1.29 is 14.4 Å². The van der Waals surface area contributed by atoms with Crippen molar-refractivity contribution in [2.24, 2.45) is 0 Å².